The molecular weight excluding hydrogens is 305 g/mol. The van der Waals surface area contributed by atoms with Gasteiger partial charge in [0.2, 0.25) is 0 Å². The summed E-state index contributed by atoms with van der Waals surface area (Å²) in [5.41, 5.74) is 2.50. The number of thiophene rings is 1. The summed E-state index contributed by atoms with van der Waals surface area (Å²) in [6, 6.07) is 11.4. The minimum absolute atomic E-state index is 0.173. The lowest BCUT2D eigenvalue weighted by atomic mass is 10.0. The summed E-state index contributed by atoms with van der Waals surface area (Å²) in [6.45, 7) is 3.52. The average Bonchev–Trinajstić information content (AvgIpc) is 2.78. The topological polar surface area (TPSA) is 0 Å². The molecular formula is C18H13F3S. The van der Waals surface area contributed by atoms with Crippen molar-refractivity contribution in [3.05, 3.63) is 70.4 Å². The third-order valence-corrected chi connectivity index (χ3v) is 4.57. The molecule has 2 aromatic carbocycles. The highest BCUT2D eigenvalue weighted by Gasteiger charge is 2.17. The third-order valence-electron chi connectivity index (χ3n) is 3.53. The van der Waals surface area contributed by atoms with Gasteiger partial charge < -0.3 is 0 Å². The second kappa shape index (κ2) is 5.61. The highest BCUT2D eigenvalue weighted by Crippen LogP contribution is 2.36. The largest absolute Gasteiger partial charge is 0.206 e. The van der Waals surface area contributed by atoms with Crippen LogP contribution >= 0.6 is 11.3 Å². The van der Waals surface area contributed by atoms with Gasteiger partial charge in [-0.15, -0.1) is 11.3 Å². The van der Waals surface area contributed by atoms with Crippen molar-refractivity contribution >= 4 is 11.3 Å². The Balaban J connectivity index is 2.10. The third kappa shape index (κ3) is 2.66. The minimum atomic E-state index is -0.683. The Morgan fingerprint density at radius 2 is 1.36 bits per heavy atom. The lowest BCUT2D eigenvalue weighted by molar-refractivity contribution is 0.591. The molecule has 0 N–H and O–H groups in total. The van der Waals surface area contributed by atoms with Gasteiger partial charge in [0.1, 0.15) is 11.6 Å². The van der Waals surface area contributed by atoms with E-state index in [9.17, 15) is 13.2 Å². The lowest BCUT2D eigenvalue weighted by Gasteiger charge is -2.07. The maximum atomic E-state index is 14.3. The zero-order valence-corrected chi connectivity index (χ0v) is 12.9. The van der Waals surface area contributed by atoms with Crippen LogP contribution < -0.4 is 0 Å². The molecule has 0 spiro atoms. The van der Waals surface area contributed by atoms with Crippen LogP contribution in [-0.2, 0) is 0 Å². The Bertz CT molecular complexity index is 790. The molecule has 0 radical (unpaired) electrons. The number of halogens is 3. The Kier molecular flexibility index (Phi) is 3.79. The second-order valence-electron chi connectivity index (χ2n) is 5.25. The maximum Gasteiger partial charge on any atom is 0.179 e. The van der Waals surface area contributed by atoms with E-state index in [4.69, 9.17) is 0 Å². The van der Waals surface area contributed by atoms with Gasteiger partial charge in [0, 0.05) is 4.88 Å². The van der Waals surface area contributed by atoms with Gasteiger partial charge in [-0.05, 0) is 48.7 Å². The summed E-state index contributed by atoms with van der Waals surface area (Å²) in [5, 5.41) is -0.420. The molecule has 0 saturated carbocycles. The van der Waals surface area contributed by atoms with Crippen molar-refractivity contribution in [2.45, 2.75) is 13.8 Å². The molecule has 0 atom stereocenters. The minimum Gasteiger partial charge on any atom is -0.206 e. The van der Waals surface area contributed by atoms with Gasteiger partial charge in [0.05, 0.1) is 5.56 Å². The maximum absolute atomic E-state index is 14.3. The number of hydrogen-bond donors (Lipinski definition) is 0. The first-order chi connectivity index (χ1) is 10.5. The van der Waals surface area contributed by atoms with Crippen LogP contribution in [0.3, 0.4) is 0 Å². The molecule has 3 aromatic rings. The molecule has 1 heterocycles. The van der Waals surface area contributed by atoms with E-state index in [1.54, 1.807) is 6.92 Å². The molecule has 112 valence electrons. The van der Waals surface area contributed by atoms with Crippen molar-refractivity contribution in [2.75, 3.05) is 0 Å². The van der Waals surface area contributed by atoms with Crippen LogP contribution in [0.15, 0.2) is 42.5 Å². The molecule has 1 aromatic heterocycles. The molecule has 0 aliphatic rings. The van der Waals surface area contributed by atoms with E-state index >= 15 is 0 Å². The molecule has 22 heavy (non-hydrogen) atoms. The van der Waals surface area contributed by atoms with E-state index in [0.717, 1.165) is 22.5 Å². The van der Waals surface area contributed by atoms with Crippen LogP contribution in [0.2, 0.25) is 0 Å². The molecule has 3 rings (SSSR count). The lowest BCUT2D eigenvalue weighted by Crippen LogP contribution is -1.91. The average molecular weight is 318 g/mol. The zero-order valence-electron chi connectivity index (χ0n) is 12.1. The molecule has 0 unspecified atom stereocenters. The number of benzene rings is 2. The Hall–Kier alpha value is -2.07. The summed E-state index contributed by atoms with van der Waals surface area (Å²) in [6.07, 6.45) is 0. The van der Waals surface area contributed by atoms with E-state index in [0.29, 0.717) is 11.1 Å². The van der Waals surface area contributed by atoms with Gasteiger partial charge in [-0.25, -0.2) is 8.78 Å². The summed E-state index contributed by atoms with van der Waals surface area (Å²) in [5.74, 6) is -1.37. The molecule has 0 fully saturated rings. The Morgan fingerprint density at radius 1 is 0.773 bits per heavy atom. The second-order valence-corrected chi connectivity index (χ2v) is 6.25. The Labute approximate surface area is 130 Å². The monoisotopic (exact) mass is 318 g/mol. The van der Waals surface area contributed by atoms with Crippen LogP contribution in [0.25, 0.3) is 21.6 Å². The fraction of sp³-hybridized carbons (Fsp3) is 0.111. The van der Waals surface area contributed by atoms with Crippen molar-refractivity contribution in [1.82, 2.24) is 0 Å². The summed E-state index contributed by atoms with van der Waals surface area (Å²) in [4.78, 5) is 0.264. The summed E-state index contributed by atoms with van der Waals surface area (Å²) >= 11 is 0.753. The van der Waals surface area contributed by atoms with Gasteiger partial charge >= 0.3 is 0 Å². The van der Waals surface area contributed by atoms with Crippen molar-refractivity contribution in [3.63, 3.8) is 0 Å². The number of aryl methyl sites for hydroxylation is 2. The fourth-order valence-electron chi connectivity index (χ4n) is 2.30. The van der Waals surface area contributed by atoms with Crippen molar-refractivity contribution in [2.24, 2.45) is 0 Å². The zero-order chi connectivity index (χ0) is 15.9. The van der Waals surface area contributed by atoms with Crippen LogP contribution in [0, 0.1) is 30.6 Å². The standard InChI is InChI=1S/C18H13F3S/c1-10-3-5-12(6-4-10)13-8-14(19)17(15(20)9-13)16-7-11(2)18(21)22-16/h3-9H,1-2H3. The van der Waals surface area contributed by atoms with Gasteiger partial charge in [-0.2, -0.15) is 4.39 Å². The molecule has 0 amide bonds. The predicted molar refractivity (Wildman–Crippen MR) is 84.5 cm³/mol. The normalized spacial score (nSPS) is 11.0. The molecule has 4 heteroatoms. The van der Waals surface area contributed by atoms with Gasteiger partial charge in [-0.3, -0.25) is 0 Å². The van der Waals surface area contributed by atoms with E-state index in [1.807, 2.05) is 31.2 Å². The van der Waals surface area contributed by atoms with E-state index in [1.165, 1.54) is 18.2 Å². The summed E-state index contributed by atoms with van der Waals surface area (Å²) in [7, 11) is 0. The molecule has 0 aliphatic carbocycles. The SMILES string of the molecule is Cc1ccc(-c2cc(F)c(-c3cc(C)c(F)s3)c(F)c2)cc1. The molecule has 0 saturated heterocycles. The highest BCUT2D eigenvalue weighted by atomic mass is 32.1. The van der Waals surface area contributed by atoms with Crippen molar-refractivity contribution in [3.8, 4) is 21.6 Å². The first-order valence-corrected chi connectivity index (χ1v) is 7.60. The van der Waals surface area contributed by atoms with Gasteiger partial charge in [0.25, 0.3) is 0 Å². The van der Waals surface area contributed by atoms with Crippen LogP contribution in [0.1, 0.15) is 11.1 Å². The summed E-state index contributed by atoms with van der Waals surface area (Å²) < 4.78 is 42.1. The molecule has 0 bridgehead atoms. The van der Waals surface area contributed by atoms with Crippen molar-refractivity contribution in [1.29, 1.82) is 0 Å². The predicted octanol–water partition coefficient (Wildman–Crippen LogP) is 6.12. The first kappa shape index (κ1) is 14.9. The number of rotatable bonds is 2. The van der Waals surface area contributed by atoms with Crippen LogP contribution in [-0.4, -0.2) is 0 Å². The Morgan fingerprint density at radius 3 is 1.86 bits per heavy atom. The van der Waals surface area contributed by atoms with Crippen LogP contribution in [0.5, 0.6) is 0 Å². The fourth-order valence-corrected chi connectivity index (χ4v) is 3.25. The smallest absolute Gasteiger partial charge is 0.179 e. The van der Waals surface area contributed by atoms with E-state index in [-0.39, 0.29) is 10.4 Å². The quantitative estimate of drug-likeness (QED) is 0.534. The molecule has 0 nitrogen and oxygen atoms in total. The van der Waals surface area contributed by atoms with Gasteiger partial charge in [0.15, 0.2) is 5.13 Å². The molecule has 0 aliphatic heterocycles. The van der Waals surface area contributed by atoms with Crippen LogP contribution in [0.4, 0.5) is 13.2 Å². The van der Waals surface area contributed by atoms with Gasteiger partial charge in [-0.1, -0.05) is 29.8 Å². The van der Waals surface area contributed by atoms with Crippen molar-refractivity contribution < 1.29 is 13.2 Å². The number of hydrogen-bond acceptors (Lipinski definition) is 1. The first-order valence-electron chi connectivity index (χ1n) is 6.78. The van der Waals surface area contributed by atoms with E-state index < -0.39 is 16.8 Å². The van der Waals surface area contributed by atoms with E-state index in [2.05, 4.69) is 0 Å². The highest BCUT2D eigenvalue weighted by molar-refractivity contribution is 7.14.